The number of hydrogen-bond acceptors (Lipinski definition) is 4. The predicted octanol–water partition coefficient (Wildman–Crippen LogP) is 2.97. The molecule has 2 aliphatic rings. The molecule has 2 aromatic carbocycles. The third-order valence-corrected chi connectivity index (χ3v) is 7.82. The molecule has 0 N–H and O–H groups in total. The second-order valence-electron chi connectivity index (χ2n) is 7.41. The number of piperazine rings is 1. The van der Waals surface area contributed by atoms with Crippen LogP contribution in [0.15, 0.2) is 53.4 Å². The fourth-order valence-corrected chi connectivity index (χ4v) is 5.48. The SMILES string of the molecule is O=C1CCCN1c1ccc(S(=O)(=O)N2CCN(Cc3ccccc3Cl)CC2)cc1. The Kier molecular flexibility index (Phi) is 5.92. The van der Waals surface area contributed by atoms with Crippen LogP contribution >= 0.6 is 11.6 Å². The fraction of sp³-hybridized carbons (Fsp3) is 0.381. The Morgan fingerprint density at radius 3 is 2.21 bits per heavy atom. The maximum atomic E-state index is 13.0. The first-order valence-electron chi connectivity index (χ1n) is 9.81. The van der Waals surface area contributed by atoms with Gasteiger partial charge >= 0.3 is 0 Å². The summed E-state index contributed by atoms with van der Waals surface area (Å²) in [5.41, 5.74) is 1.81. The van der Waals surface area contributed by atoms with Gasteiger partial charge in [-0.15, -0.1) is 0 Å². The lowest BCUT2D eigenvalue weighted by Crippen LogP contribution is -2.48. The molecule has 2 heterocycles. The molecule has 1 amide bonds. The van der Waals surface area contributed by atoms with E-state index < -0.39 is 10.0 Å². The lowest BCUT2D eigenvalue weighted by molar-refractivity contribution is -0.117. The van der Waals surface area contributed by atoms with Gasteiger partial charge < -0.3 is 4.90 Å². The molecule has 2 aliphatic heterocycles. The monoisotopic (exact) mass is 433 g/mol. The third kappa shape index (κ3) is 4.33. The molecule has 0 unspecified atom stereocenters. The Hall–Kier alpha value is -1.93. The summed E-state index contributed by atoms with van der Waals surface area (Å²) in [5, 5.41) is 0.735. The van der Waals surface area contributed by atoms with Crippen LogP contribution in [0.4, 0.5) is 5.69 Å². The van der Waals surface area contributed by atoms with Crippen LogP contribution in [0.1, 0.15) is 18.4 Å². The van der Waals surface area contributed by atoms with Crippen LogP contribution in [0.5, 0.6) is 0 Å². The van der Waals surface area contributed by atoms with E-state index in [9.17, 15) is 13.2 Å². The van der Waals surface area contributed by atoms with Gasteiger partial charge in [-0.05, 0) is 42.3 Å². The van der Waals surface area contributed by atoms with Crippen LogP contribution in [0.25, 0.3) is 0 Å². The number of rotatable bonds is 5. The van der Waals surface area contributed by atoms with E-state index in [1.165, 1.54) is 4.31 Å². The minimum absolute atomic E-state index is 0.0928. The van der Waals surface area contributed by atoms with E-state index in [0.717, 1.165) is 22.7 Å². The van der Waals surface area contributed by atoms with Crippen molar-refractivity contribution in [3.05, 3.63) is 59.1 Å². The predicted molar refractivity (Wildman–Crippen MR) is 114 cm³/mol. The molecule has 0 saturated carbocycles. The number of anilines is 1. The number of nitrogens with zero attached hydrogens (tertiary/aromatic N) is 3. The van der Waals surface area contributed by atoms with Crippen molar-refractivity contribution in [3.8, 4) is 0 Å². The highest BCUT2D eigenvalue weighted by Gasteiger charge is 2.29. The van der Waals surface area contributed by atoms with E-state index in [1.54, 1.807) is 29.2 Å². The summed E-state index contributed by atoms with van der Waals surface area (Å²) in [6.07, 6.45) is 1.40. The van der Waals surface area contributed by atoms with Gasteiger partial charge in [-0.2, -0.15) is 4.31 Å². The normalized spacial score (nSPS) is 19.1. The van der Waals surface area contributed by atoms with Gasteiger partial charge in [-0.1, -0.05) is 29.8 Å². The van der Waals surface area contributed by atoms with Crippen molar-refractivity contribution in [1.29, 1.82) is 0 Å². The van der Waals surface area contributed by atoms with Crippen LogP contribution in [-0.4, -0.2) is 56.3 Å². The van der Waals surface area contributed by atoms with Crippen LogP contribution < -0.4 is 4.90 Å². The maximum Gasteiger partial charge on any atom is 0.243 e. The number of amides is 1. The molecule has 0 aliphatic carbocycles. The van der Waals surface area contributed by atoms with Crippen LogP contribution in [-0.2, 0) is 21.4 Å². The van der Waals surface area contributed by atoms with Crippen molar-refractivity contribution < 1.29 is 13.2 Å². The molecule has 2 fully saturated rings. The fourth-order valence-electron chi connectivity index (χ4n) is 3.86. The van der Waals surface area contributed by atoms with E-state index in [4.69, 9.17) is 11.6 Å². The van der Waals surface area contributed by atoms with Gasteiger partial charge in [0.05, 0.1) is 4.90 Å². The van der Waals surface area contributed by atoms with Gasteiger partial charge in [-0.3, -0.25) is 9.69 Å². The van der Waals surface area contributed by atoms with Crippen LogP contribution in [0, 0.1) is 0 Å². The average molecular weight is 434 g/mol. The van der Waals surface area contributed by atoms with Crippen molar-refractivity contribution in [1.82, 2.24) is 9.21 Å². The number of carbonyl (C=O) groups excluding carboxylic acids is 1. The molecule has 0 bridgehead atoms. The van der Waals surface area contributed by atoms with Gasteiger partial charge in [0.1, 0.15) is 0 Å². The van der Waals surface area contributed by atoms with Gasteiger partial charge in [0, 0.05) is 56.4 Å². The highest BCUT2D eigenvalue weighted by molar-refractivity contribution is 7.89. The summed E-state index contributed by atoms with van der Waals surface area (Å²) in [4.78, 5) is 16.1. The molecule has 8 heteroatoms. The minimum atomic E-state index is -3.54. The van der Waals surface area contributed by atoms with E-state index in [2.05, 4.69) is 4.90 Å². The Morgan fingerprint density at radius 1 is 0.897 bits per heavy atom. The maximum absolute atomic E-state index is 13.0. The highest BCUT2D eigenvalue weighted by Crippen LogP contribution is 2.25. The first kappa shape index (κ1) is 20.3. The van der Waals surface area contributed by atoms with E-state index in [1.807, 2.05) is 24.3 Å². The summed E-state index contributed by atoms with van der Waals surface area (Å²) >= 11 is 6.24. The third-order valence-electron chi connectivity index (χ3n) is 5.54. The Bertz CT molecular complexity index is 986. The molecule has 0 aromatic heterocycles. The molecule has 4 rings (SSSR count). The topological polar surface area (TPSA) is 60.9 Å². The molecule has 29 heavy (non-hydrogen) atoms. The largest absolute Gasteiger partial charge is 0.312 e. The average Bonchev–Trinajstić information content (AvgIpc) is 3.16. The minimum Gasteiger partial charge on any atom is -0.312 e. The summed E-state index contributed by atoms with van der Waals surface area (Å²) in [6.45, 7) is 3.61. The van der Waals surface area contributed by atoms with Gasteiger partial charge in [0.2, 0.25) is 15.9 Å². The van der Waals surface area contributed by atoms with E-state index in [0.29, 0.717) is 45.7 Å². The summed E-state index contributed by atoms with van der Waals surface area (Å²) < 4.78 is 27.6. The zero-order chi connectivity index (χ0) is 20.4. The van der Waals surface area contributed by atoms with Gasteiger partial charge in [-0.25, -0.2) is 8.42 Å². The van der Waals surface area contributed by atoms with Crippen molar-refractivity contribution in [2.75, 3.05) is 37.6 Å². The molecule has 2 saturated heterocycles. The molecular formula is C21H24ClN3O3S. The Balaban J connectivity index is 1.40. The number of sulfonamides is 1. The van der Waals surface area contributed by atoms with Crippen LogP contribution in [0.2, 0.25) is 5.02 Å². The van der Waals surface area contributed by atoms with Gasteiger partial charge in [0.25, 0.3) is 0 Å². The molecule has 0 radical (unpaired) electrons. The number of carbonyl (C=O) groups is 1. The van der Waals surface area contributed by atoms with E-state index in [-0.39, 0.29) is 10.8 Å². The summed E-state index contributed by atoms with van der Waals surface area (Å²) in [5.74, 6) is 0.0928. The van der Waals surface area contributed by atoms with E-state index >= 15 is 0 Å². The summed E-state index contributed by atoms with van der Waals surface area (Å²) in [7, 11) is -3.54. The van der Waals surface area contributed by atoms with Crippen LogP contribution in [0.3, 0.4) is 0 Å². The quantitative estimate of drug-likeness (QED) is 0.727. The second-order valence-corrected chi connectivity index (χ2v) is 9.76. The zero-order valence-corrected chi connectivity index (χ0v) is 17.7. The molecular weight excluding hydrogens is 410 g/mol. The number of benzene rings is 2. The first-order valence-corrected chi connectivity index (χ1v) is 11.6. The van der Waals surface area contributed by atoms with Crippen molar-refractivity contribution in [3.63, 3.8) is 0 Å². The van der Waals surface area contributed by atoms with Crippen molar-refractivity contribution in [2.24, 2.45) is 0 Å². The van der Waals surface area contributed by atoms with Crippen molar-refractivity contribution >= 4 is 33.2 Å². The second kappa shape index (κ2) is 8.44. The van der Waals surface area contributed by atoms with Crippen molar-refractivity contribution in [2.45, 2.75) is 24.3 Å². The molecule has 154 valence electrons. The standard InChI is InChI=1S/C21H24ClN3O3S/c22-20-5-2-1-4-17(20)16-23-12-14-24(15-13-23)29(27,28)19-9-7-18(8-10-19)25-11-3-6-21(25)26/h1-2,4-5,7-10H,3,6,11-16H2. The Morgan fingerprint density at radius 2 is 1.59 bits per heavy atom. The first-order chi connectivity index (χ1) is 13.9. The molecule has 0 atom stereocenters. The zero-order valence-electron chi connectivity index (χ0n) is 16.1. The number of hydrogen-bond donors (Lipinski definition) is 0. The Labute approximate surface area is 176 Å². The molecule has 2 aromatic rings. The lowest BCUT2D eigenvalue weighted by Gasteiger charge is -2.34. The molecule has 0 spiro atoms. The summed E-state index contributed by atoms with van der Waals surface area (Å²) in [6, 6.07) is 14.4. The highest BCUT2D eigenvalue weighted by atomic mass is 35.5. The smallest absolute Gasteiger partial charge is 0.243 e. The van der Waals surface area contributed by atoms with Gasteiger partial charge in [0.15, 0.2) is 0 Å². The number of halogens is 1. The molecule has 6 nitrogen and oxygen atoms in total. The lowest BCUT2D eigenvalue weighted by atomic mass is 10.2.